The molecule has 4 aromatic carbocycles. The van der Waals surface area contributed by atoms with Gasteiger partial charge in [0.05, 0.1) is 22.9 Å². The van der Waals surface area contributed by atoms with Crippen molar-refractivity contribution in [3.8, 4) is 5.75 Å². The van der Waals surface area contributed by atoms with Crippen molar-refractivity contribution < 1.29 is 19.4 Å². The summed E-state index contributed by atoms with van der Waals surface area (Å²) in [6.45, 7) is 0. The van der Waals surface area contributed by atoms with E-state index in [1.54, 1.807) is 42.5 Å². The van der Waals surface area contributed by atoms with Crippen molar-refractivity contribution in [2.24, 2.45) is 5.92 Å². The Morgan fingerprint density at radius 2 is 1.51 bits per heavy atom. The Morgan fingerprint density at radius 3 is 2.29 bits per heavy atom. The summed E-state index contributed by atoms with van der Waals surface area (Å²) in [6, 6.07) is 30.3. The first-order chi connectivity index (χ1) is 17.1. The summed E-state index contributed by atoms with van der Waals surface area (Å²) in [4.78, 5) is 24.5. The Morgan fingerprint density at radius 1 is 0.800 bits per heavy atom. The summed E-state index contributed by atoms with van der Waals surface area (Å²) in [5.74, 6) is -0.526. The van der Waals surface area contributed by atoms with Gasteiger partial charge in [-0.25, -0.2) is 9.59 Å². The number of benzene rings is 4. The molecule has 0 fully saturated rings. The van der Waals surface area contributed by atoms with Gasteiger partial charge in [-0.3, -0.25) is 0 Å². The zero-order chi connectivity index (χ0) is 23.9. The fraction of sp³-hybridized carbons (Fsp3) is 0.133. The molecule has 5 nitrogen and oxygen atoms in total. The lowest BCUT2D eigenvalue weighted by atomic mass is 9.75. The van der Waals surface area contributed by atoms with Crippen LogP contribution in [0.25, 0.3) is 0 Å². The molecule has 0 radical (unpaired) electrons. The van der Waals surface area contributed by atoms with E-state index in [2.05, 4.69) is 29.6 Å². The van der Waals surface area contributed by atoms with E-state index in [1.807, 2.05) is 30.3 Å². The summed E-state index contributed by atoms with van der Waals surface area (Å²) in [5.41, 5.74) is 6.08. The normalized spacial score (nSPS) is 19.6. The van der Waals surface area contributed by atoms with Crippen LogP contribution in [0.15, 0.2) is 97.1 Å². The maximum absolute atomic E-state index is 12.4. The molecule has 0 bridgehead atoms. The zero-order valence-electron chi connectivity index (χ0n) is 18.8. The lowest BCUT2D eigenvalue weighted by Crippen LogP contribution is -2.31. The van der Waals surface area contributed by atoms with Crippen molar-refractivity contribution in [2.45, 2.75) is 18.4 Å². The van der Waals surface area contributed by atoms with Crippen LogP contribution in [0.5, 0.6) is 5.75 Å². The van der Waals surface area contributed by atoms with Crippen LogP contribution in [0, 0.1) is 5.92 Å². The van der Waals surface area contributed by atoms with E-state index in [4.69, 9.17) is 4.74 Å². The molecule has 35 heavy (non-hydrogen) atoms. The minimum Gasteiger partial charge on any atom is -0.478 e. The Hall–Kier alpha value is -4.38. The van der Waals surface area contributed by atoms with Crippen LogP contribution in [0.2, 0.25) is 0 Å². The van der Waals surface area contributed by atoms with Crippen LogP contribution < -0.4 is 10.1 Å². The van der Waals surface area contributed by atoms with Crippen molar-refractivity contribution in [3.63, 3.8) is 0 Å². The highest BCUT2D eigenvalue weighted by Gasteiger charge is 2.44. The van der Waals surface area contributed by atoms with Crippen LogP contribution in [0.3, 0.4) is 0 Å². The highest BCUT2D eigenvalue weighted by atomic mass is 16.5. The predicted octanol–water partition coefficient (Wildman–Crippen LogP) is 6.08. The number of ether oxygens (including phenoxy) is 1. The highest BCUT2D eigenvalue weighted by molar-refractivity contribution is 5.96. The third kappa shape index (κ3) is 3.66. The van der Waals surface area contributed by atoms with Crippen molar-refractivity contribution in [1.29, 1.82) is 0 Å². The molecule has 2 N–H and O–H groups in total. The first-order valence-corrected chi connectivity index (χ1v) is 11.7. The fourth-order valence-corrected chi connectivity index (χ4v) is 5.58. The zero-order valence-corrected chi connectivity index (χ0v) is 18.8. The summed E-state index contributed by atoms with van der Waals surface area (Å²) in [5, 5.41) is 13.4. The standard InChI is InChI=1S/C30H23NO4/c32-29(33)24-12-6-11-23-26-22-10-5-4-9-20(22)17-25(26)27(31-28(23)24)18-13-15-21(16-14-18)35-30(34)19-7-2-1-3-8-19/h1-16,25-27,31H,17H2,(H,32,33)/t25-,26-,27+/m1/s1. The van der Waals surface area contributed by atoms with Gasteiger partial charge in [0.2, 0.25) is 0 Å². The number of carbonyl (C=O) groups is 2. The quantitative estimate of drug-likeness (QED) is 0.285. The molecule has 0 aromatic heterocycles. The molecule has 1 aliphatic carbocycles. The first kappa shape index (κ1) is 21.2. The van der Waals surface area contributed by atoms with Crippen LogP contribution in [-0.2, 0) is 6.42 Å². The third-order valence-corrected chi connectivity index (χ3v) is 7.12. The second-order valence-electron chi connectivity index (χ2n) is 9.07. The van der Waals surface area contributed by atoms with Gasteiger partial charge in [-0.1, -0.05) is 66.7 Å². The molecule has 1 heterocycles. The Bertz CT molecular complexity index is 1430. The molecule has 0 saturated heterocycles. The molecule has 1 aliphatic heterocycles. The number of hydrogen-bond donors (Lipinski definition) is 2. The molecule has 0 saturated carbocycles. The van der Waals surface area contributed by atoms with Crippen LogP contribution >= 0.6 is 0 Å². The fourth-order valence-electron chi connectivity index (χ4n) is 5.58. The molecular formula is C30H23NO4. The lowest BCUT2D eigenvalue weighted by molar-refractivity contribution is 0.0695. The predicted molar refractivity (Wildman–Crippen MR) is 133 cm³/mol. The van der Waals surface area contributed by atoms with Crippen molar-refractivity contribution >= 4 is 17.6 Å². The van der Waals surface area contributed by atoms with E-state index in [9.17, 15) is 14.7 Å². The smallest absolute Gasteiger partial charge is 0.343 e. The van der Waals surface area contributed by atoms with Crippen LogP contribution in [0.4, 0.5) is 5.69 Å². The van der Waals surface area contributed by atoms with E-state index < -0.39 is 11.9 Å². The number of carbonyl (C=O) groups excluding carboxylic acids is 1. The minimum absolute atomic E-state index is 0.0840. The molecule has 4 aromatic rings. The average molecular weight is 462 g/mol. The topological polar surface area (TPSA) is 75.6 Å². The Kier molecular flexibility index (Phi) is 5.10. The molecule has 6 rings (SSSR count). The SMILES string of the molecule is O=C(Oc1ccc([C@@H]2Nc3c(C(=O)O)cccc3[C@H]3c4ccccc4C[C@H]32)cc1)c1ccccc1. The van der Waals surface area contributed by atoms with Gasteiger partial charge in [0.1, 0.15) is 5.75 Å². The molecule has 3 atom stereocenters. The van der Waals surface area contributed by atoms with E-state index in [-0.39, 0.29) is 23.4 Å². The van der Waals surface area contributed by atoms with Gasteiger partial charge in [0.15, 0.2) is 0 Å². The maximum Gasteiger partial charge on any atom is 0.343 e. The van der Waals surface area contributed by atoms with Crippen molar-refractivity contribution in [2.75, 3.05) is 5.32 Å². The number of carboxylic acids is 1. The summed E-state index contributed by atoms with van der Waals surface area (Å²) >= 11 is 0. The van der Waals surface area contributed by atoms with Gasteiger partial charge in [-0.2, -0.15) is 0 Å². The van der Waals surface area contributed by atoms with Crippen LogP contribution in [0.1, 0.15) is 54.9 Å². The van der Waals surface area contributed by atoms with Crippen molar-refractivity contribution in [1.82, 2.24) is 0 Å². The second kappa shape index (κ2) is 8.44. The summed E-state index contributed by atoms with van der Waals surface area (Å²) in [6.07, 6.45) is 0.903. The third-order valence-electron chi connectivity index (χ3n) is 7.12. The summed E-state index contributed by atoms with van der Waals surface area (Å²) < 4.78 is 5.55. The Balaban J connectivity index is 1.35. The number of hydrogen-bond acceptors (Lipinski definition) is 4. The number of esters is 1. The molecule has 0 spiro atoms. The summed E-state index contributed by atoms with van der Waals surface area (Å²) in [7, 11) is 0. The lowest BCUT2D eigenvalue weighted by Gasteiger charge is -2.38. The largest absolute Gasteiger partial charge is 0.478 e. The van der Waals surface area contributed by atoms with E-state index in [0.717, 1.165) is 17.5 Å². The number of carboxylic acid groups (broad SMARTS) is 1. The van der Waals surface area contributed by atoms with E-state index >= 15 is 0 Å². The maximum atomic E-state index is 12.4. The number of fused-ring (bicyclic) bond motifs is 5. The number of nitrogens with one attached hydrogen (secondary N) is 1. The van der Waals surface area contributed by atoms with E-state index in [0.29, 0.717) is 17.0 Å². The van der Waals surface area contributed by atoms with Gasteiger partial charge in [0, 0.05) is 5.92 Å². The Labute approximate surface area is 203 Å². The molecular weight excluding hydrogens is 438 g/mol. The molecule has 2 aliphatic rings. The second-order valence-corrected chi connectivity index (χ2v) is 9.07. The van der Waals surface area contributed by atoms with Gasteiger partial charge >= 0.3 is 11.9 Å². The van der Waals surface area contributed by atoms with Crippen LogP contribution in [-0.4, -0.2) is 17.0 Å². The number of aromatic carboxylic acids is 1. The first-order valence-electron chi connectivity index (χ1n) is 11.7. The molecule has 0 amide bonds. The molecule has 5 heteroatoms. The monoisotopic (exact) mass is 461 g/mol. The van der Waals surface area contributed by atoms with Gasteiger partial charge in [-0.15, -0.1) is 0 Å². The molecule has 0 unspecified atom stereocenters. The van der Waals surface area contributed by atoms with E-state index in [1.165, 1.54) is 11.1 Å². The number of anilines is 1. The van der Waals surface area contributed by atoms with Crippen molar-refractivity contribution in [3.05, 3.63) is 130 Å². The minimum atomic E-state index is -0.944. The van der Waals surface area contributed by atoms with Gasteiger partial charge < -0.3 is 15.2 Å². The number of rotatable bonds is 4. The van der Waals surface area contributed by atoms with Gasteiger partial charge in [0.25, 0.3) is 0 Å². The number of para-hydroxylation sites is 1. The average Bonchev–Trinajstić information content (AvgIpc) is 3.29. The molecule has 172 valence electrons. The highest BCUT2D eigenvalue weighted by Crippen LogP contribution is 2.54. The van der Waals surface area contributed by atoms with Gasteiger partial charge in [-0.05, 0) is 64.9 Å².